The lowest BCUT2D eigenvalue weighted by Crippen LogP contribution is -2.40. The van der Waals surface area contributed by atoms with Gasteiger partial charge in [0.15, 0.2) is 0 Å². The molecule has 3 atom stereocenters. The number of halogens is 1. The van der Waals surface area contributed by atoms with Crippen molar-refractivity contribution < 1.29 is 23.7 Å². The number of carbonyl (C=O) groups is 1. The van der Waals surface area contributed by atoms with Gasteiger partial charge in [-0.3, -0.25) is 0 Å². The highest BCUT2D eigenvalue weighted by Gasteiger charge is 2.52. The minimum atomic E-state index is -0.761. The monoisotopic (exact) mass is 391 g/mol. The van der Waals surface area contributed by atoms with Crippen LogP contribution in [0.3, 0.4) is 0 Å². The van der Waals surface area contributed by atoms with E-state index in [2.05, 4.69) is 27.6 Å². The average molecular weight is 391 g/mol. The predicted molar refractivity (Wildman–Crippen MR) is 76.5 cm³/mol. The van der Waals surface area contributed by atoms with E-state index in [1.807, 2.05) is 0 Å². The molecule has 6 nitrogen and oxygen atoms in total. The van der Waals surface area contributed by atoms with Gasteiger partial charge in [-0.15, -0.1) is 0 Å². The highest BCUT2D eigenvalue weighted by atomic mass is 127. The summed E-state index contributed by atoms with van der Waals surface area (Å²) in [5.41, 5.74) is 0. The average Bonchev–Trinajstić information content (AvgIpc) is 2.77. The van der Waals surface area contributed by atoms with Gasteiger partial charge in [0, 0.05) is 12.3 Å². The van der Waals surface area contributed by atoms with Gasteiger partial charge in [0.25, 0.3) is 0 Å². The molecule has 7 heteroatoms. The van der Waals surface area contributed by atoms with Crippen LogP contribution in [0.2, 0.25) is 0 Å². The zero-order valence-corrected chi connectivity index (χ0v) is 12.8. The maximum absolute atomic E-state index is 11.8. The SMILES string of the molecule is O=C(Oc1ccccn1)O[C@@H]1COC2(I)OCCC[C@H]12. The summed E-state index contributed by atoms with van der Waals surface area (Å²) in [6.45, 7) is 0.996. The standard InChI is InChI=1S/C13H14INO5/c14-13-9(4-3-7-17-13)10(8-18-13)19-12(16)20-11-5-1-2-6-15-11/h1-2,5-6,9-10H,3-4,7-8H2/t9-,10-,13?/m1/s1. The number of hydrogen-bond donors (Lipinski definition) is 0. The molecule has 0 saturated carbocycles. The van der Waals surface area contributed by atoms with Gasteiger partial charge in [0.2, 0.25) is 9.67 Å². The number of fused-ring (bicyclic) bond motifs is 1. The predicted octanol–water partition coefficient (Wildman–Crippen LogP) is 2.51. The molecular weight excluding hydrogens is 377 g/mol. The molecule has 2 aliphatic rings. The number of hydrogen-bond acceptors (Lipinski definition) is 6. The fraction of sp³-hybridized carbons (Fsp3) is 0.538. The van der Waals surface area contributed by atoms with E-state index in [0.29, 0.717) is 13.2 Å². The first-order chi connectivity index (χ1) is 9.67. The lowest BCUT2D eigenvalue weighted by Gasteiger charge is -2.33. The third-order valence-corrected chi connectivity index (χ3v) is 4.79. The summed E-state index contributed by atoms with van der Waals surface area (Å²) >= 11 is 2.14. The molecule has 1 unspecified atom stereocenters. The van der Waals surface area contributed by atoms with Crippen molar-refractivity contribution in [1.82, 2.24) is 4.98 Å². The van der Waals surface area contributed by atoms with Gasteiger partial charge in [-0.2, -0.15) is 0 Å². The molecule has 2 fully saturated rings. The minimum absolute atomic E-state index is 0.0353. The van der Waals surface area contributed by atoms with Gasteiger partial charge in [-0.05, 0) is 41.5 Å². The fourth-order valence-corrected chi connectivity index (χ4v) is 3.53. The third-order valence-electron chi connectivity index (χ3n) is 3.37. The first-order valence-corrected chi connectivity index (χ1v) is 7.51. The molecule has 0 radical (unpaired) electrons. The van der Waals surface area contributed by atoms with Gasteiger partial charge < -0.3 is 18.9 Å². The van der Waals surface area contributed by atoms with Crippen molar-refractivity contribution in [3.05, 3.63) is 24.4 Å². The van der Waals surface area contributed by atoms with Crippen LogP contribution in [0.15, 0.2) is 24.4 Å². The Bertz CT molecular complexity index is 485. The van der Waals surface area contributed by atoms with Gasteiger partial charge >= 0.3 is 6.16 Å². The lowest BCUT2D eigenvalue weighted by atomic mass is 9.97. The van der Waals surface area contributed by atoms with Crippen molar-refractivity contribution in [3.8, 4) is 5.88 Å². The molecule has 1 aromatic heterocycles. The van der Waals surface area contributed by atoms with Crippen LogP contribution >= 0.6 is 22.6 Å². The molecule has 0 spiro atoms. The van der Waals surface area contributed by atoms with Crippen molar-refractivity contribution >= 4 is 28.7 Å². The summed E-state index contributed by atoms with van der Waals surface area (Å²) in [5, 5.41) is 0. The zero-order valence-electron chi connectivity index (χ0n) is 10.7. The Morgan fingerprint density at radius 3 is 3.15 bits per heavy atom. The molecule has 2 aliphatic heterocycles. The van der Waals surface area contributed by atoms with E-state index in [-0.39, 0.29) is 17.9 Å². The molecule has 3 heterocycles. The van der Waals surface area contributed by atoms with Crippen LogP contribution in [-0.2, 0) is 14.2 Å². The van der Waals surface area contributed by atoms with E-state index < -0.39 is 9.95 Å². The highest BCUT2D eigenvalue weighted by molar-refractivity contribution is 14.1. The van der Waals surface area contributed by atoms with Crippen molar-refractivity contribution in [2.45, 2.75) is 22.7 Å². The first-order valence-electron chi connectivity index (χ1n) is 6.44. The summed E-state index contributed by atoms with van der Waals surface area (Å²) in [5.74, 6) is 0.255. The van der Waals surface area contributed by atoms with E-state index in [4.69, 9.17) is 18.9 Å². The van der Waals surface area contributed by atoms with Crippen LogP contribution in [0.5, 0.6) is 5.88 Å². The molecule has 108 valence electrons. The Balaban J connectivity index is 1.59. The van der Waals surface area contributed by atoms with E-state index in [0.717, 1.165) is 12.8 Å². The smallest absolute Gasteiger partial charge is 0.428 e. The van der Waals surface area contributed by atoms with Crippen LogP contribution in [0.25, 0.3) is 0 Å². The second-order valence-electron chi connectivity index (χ2n) is 4.67. The zero-order chi connectivity index (χ0) is 14.0. The number of nitrogens with zero attached hydrogens (tertiary/aromatic N) is 1. The molecular formula is C13H14INO5. The molecule has 0 amide bonds. The van der Waals surface area contributed by atoms with Crippen molar-refractivity contribution in [3.63, 3.8) is 0 Å². The summed E-state index contributed by atoms with van der Waals surface area (Å²) in [6, 6.07) is 5.07. The minimum Gasteiger partial charge on any atom is -0.428 e. The fourth-order valence-electron chi connectivity index (χ4n) is 2.42. The third kappa shape index (κ3) is 2.89. The second kappa shape index (κ2) is 5.82. The summed E-state index contributed by atoms with van der Waals surface area (Å²) < 4.78 is 20.9. The van der Waals surface area contributed by atoms with Crippen LogP contribution in [-0.4, -0.2) is 34.3 Å². The van der Waals surface area contributed by atoms with E-state index in [1.54, 1.807) is 24.4 Å². The van der Waals surface area contributed by atoms with Crippen LogP contribution < -0.4 is 4.74 Å². The van der Waals surface area contributed by atoms with Crippen molar-refractivity contribution in [2.24, 2.45) is 5.92 Å². The Morgan fingerprint density at radius 1 is 1.45 bits per heavy atom. The quantitative estimate of drug-likeness (QED) is 0.439. The van der Waals surface area contributed by atoms with Gasteiger partial charge in [-0.1, -0.05) is 6.07 Å². The summed E-state index contributed by atoms with van der Waals surface area (Å²) in [6.07, 6.45) is 2.29. The number of pyridine rings is 1. The van der Waals surface area contributed by atoms with Gasteiger partial charge in [0.1, 0.15) is 6.10 Å². The van der Waals surface area contributed by atoms with Crippen LogP contribution in [0.4, 0.5) is 4.79 Å². The molecule has 0 aliphatic carbocycles. The number of aromatic nitrogens is 1. The largest absolute Gasteiger partial charge is 0.515 e. The lowest BCUT2D eigenvalue weighted by molar-refractivity contribution is -0.167. The van der Waals surface area contributed by atoms with Crippen LogP contribution in [0, 0.1) is 5.92 Å². The van der Waals surface area contributed by atoms with Crippen molar-refractivity contribution in [2.75, 3.05) is 13.2 Å². The maximum Gasteiger partial charge on any atom is 0.515 e. The van der Waals surface area contributed by atoms with E-state index in [9.17, 15) is 4.79 Å². The Morgan fingerprint density at radius 2 is 2.35 bits per heavy atom. The molecule has 0 bridgehead atoms. The maximum atomic E-state index is 11.8. The van der Waals surface area contributed by atoms with E-state index in [1.165, 1.54) is 0 Å². The second-order valence-corrected chi connectivity index (χ2v) is 6.17. The molecule has 0 N–H and O–H groups in total. The Hall–Kier alpha value is -0.930. The Labute approximate surface area is 129 Å². The highest BCUT2D eigenvalue weighted by Crippen LogP contribution is 2.45. The van der Waals surface area contributed by atoms with E-state index >= 15 is 0 Å². The molecule has 3 rings (SSSR count). The number of ether oxygens (including phenoxy) is 4. The number of carbonyl (C=O) groups excluding carboxylic acids is 1. The molecule has 0 aromatic carbocycles. The normalized spacial score (nSPS) is 32.5. The summed E-state index contributed by atoms with van der Waals surface area (Å²) in [4.78, 5) is 15.7. The topological polar surface area (TPSA) is 66.9 Å². The molecule has 1 aromatic rings. The number of alkyl halides is 1. The Kier molecular flexibility index (Phi) is 4.08. The first kappa shape index (κ1) is 14.0. The van der Waals surface area contributed by atoms with Gasteiger partial charge in [0.05, 0.1) is 19.1 Å². The molecule has 2 saturated heterocycles. The summed E-state index contributed by atoms with van der Waals surface area (Å²) in [7, 11) is 0. The van der Waals surface area contributed by atoms with Gasteiger partial charge in [-0.25, -0.2) is 9.78 Å². The van der Waals surface area contributed by atoms with Crippen molar-refractivity contribution in [1.29, 1.82) is 0 Å². The van der Waals surface area contributed by atoms with Crippen LogP contribution in [0.1, 0.15) is 12.8 Å². The number of rotatable bonds is 2. The molecule has 20 heavy (non-hydrogen) atoms.